The molecule has 1 amide bonds. The topological polar surface area (TPSA) is 75.5 Å². The van der Waals surface area contributed by atoms with Gasteiger partial charge in [-0.05, 0) is 66.3 Å². The van der Waals surface area contributed by atoms with Gasteiger partial charge < -0.3 is 10.6 Å². The second kappa shape index (κ2) is 8.57. The van der Waals surface area contributed by atoms with E-state index < -0.39 is 0 Å². The van der Waals surface area contributed by atoms with Gasteiger partial charge in [0, 0.05) is 29.9 Å². The summed E-state index contributed by atoms with van der Waals surface area (Å²) in [5, 5.41) is 9.42. The third kappa shape index (κ3) is 3.62. The zero-order valence-electron chi connectivity index (χ0n) is 18.6. The van der Waals surface area contributed by atoms with Gasteiger partial charge in [0.2, 0.25) is 0 Å². The van der Waals surface area contributed by atoms with E-state index in [9.17, 15) is 9.59 Å². The fourth-order valence-electron chi connectivity index (χ4n) is 4.80. The molecule has 6 rings (SSSR count). The monoisotopic (exact) mass is 468 g/mol. The largest absolute Gasteiger partial charge is 0.383 e. The van der Waals surface area contributed by atoms with Crippen LogP contribution in [0.5, 0.6) is 0 Å². The summed E-state index contributed by atoms with van der Waals surface area (Å²) in [5.41, 5.74) is 2.92. The minimum atomic E-state index is -0.231. The summed E-state index contributed by atoms with van der Waals surface area (Å²) in [6, 6.07) is 17.9. The number of carbonyl (C=O) groups is 1. The summed E-state index contributed by atoms with van der Waals surface area (Å²) in [6.07, 6.45) is 5.91. The lowest BCUT2D eigenvalue weighted by atomic mass is 9.97. The highest BCUT2D eigenvalue weighted by atomic mass is 32.1. The van der Waals surface area contributed by atoms with Crippen LogP contribution in [0.25, 0.3) is 26.6 Å². The van der Waals surface area contributed by atoms with E-state index in [1.807, 2.05) is 18.2 Å². The quantitative estimate of drug-likeness (QED) is 0.364. The molecule has 1 aliphatic rings. The van der Waals surface area contributed by atoms with Crippen LogP contribution in [0.3, 0.4) is 0 Å². The Kier molecular flexibility index (Phi) is 5.26. The van der Waals surface area contributed by atoms with Crippen LogP contribution >= 0.6 is 11.3 Å². The number of hydrogen-bond acceptors (Lipinski definition) is 5. The van der Waals surface area contributed by atoms with Gasteiger partial charge >= 0.3 is 0 Å². The van der Waals surface area contributed by atoms with Crippen molar-refractivity contribution in [2.45, 2.75) is 25.7 Å². The summed E-state index contributed by atoms with van der Waals surface area (Å²) in [5.74, 6) is -0.231. The van der Waals surface area contributed by atoms with Gasteiger partial charge in [-0.2, -0.15) is 0 Å². The maximum absolute atomic E-state index is 13.3. The molecule has 0 radical (unpaired) electrons. The zero-order chi connectivity index (χ0) is 23.1. The number of nitrogens with one attached hydrogen (secondary N) is 2. The molecule has 0 spiro atoms. The lowest BCUT2D eigenvalue weighted by Crippen LogP contribution is -2.30. The van der Waals surface area contributed by atoms with Crippen molar-refractivity contribution in [3.05, 3.63) is 87.2 Å². The normalized spacial score (nSPS) is 13.3. The minimum absolute atomic E-state index is 0.0768. The number of nitrogens with zero attached hydrogens (tertiary/aromatic N) is 2. The van der Waals surface area contributed by atoms with Crippen LogP contribution in [-0.4, -0.2) is 28.4 Å². The Morgan fingerprint density at radius 1 is 1.00 bits per heavy atom. The SMILES string of the molecule is O=C(NCCNc1ccc2ccccc2c1)c1cccn2c(=O)c3c4c(sc3nc12)CCCC4. The van der Waals surface area contributed by atoms with Crippen molar-refractivity contribution >= 4 is 49.6 Å². The van der Waals surface area contributed by atoms with Crippen molar-refractivity contribution in [1.29, 1.82) is 0 Å². The number of carbonyl (C=O) groups excluding carboxylic acids is 1. The number of amides is 1. The second-order valence-corrected chi connectivity index (χ2v) is 9.75. The lowest BCUT2D eigenvalue weighted by molar-refractivity contribution is 0.0956. The number of hydrogen-bond donors (Lipinski definition) is 2. The Labute approximate surface area is 200 Å². The van der Waals surface area contributed by atoms with Crippen LogP contribution in [0.2, 0.25) is 0 Å². The zero-order valence-corrected chi connectivity index (χ0v) is 19.5. The average Bonchev–Trinajstić information content (AvgIpc) is 3.25. The highest BCUT2D eigenvalue weighted by molar-refractivity contribution is 7.18. The van der Waals surface area contributed by atoms with E-state index in [1.165, 1.54) is 20.1 Å². The third-order valence-electron chi connectivity index (χ3n) is 6.49. The average molecular weight is 469 g/mol. The van der Waals surface area contributed by atoms with Gasteiger partial charge in [-0.1, -0.05) is 30.3 Å². The minimum Gasteiger partial charge on any atom is -0.383 e. The number of aryl methyl sites for hydroxylation is 2. The molecule has 3 heterocycles. The first-order valence-electron chi connectivity index (χ1n) is 11.7. The molecule has 2 N–H and O–H groups in total. The van der Waals surface area contributed by atoms with E-state index in [1.54, 1.807) is 29.7 Å². The number of anilines is 1. The smallest absolute Gasteiger partial charge is 0.266 e. The maximum Gasteiger partial charge on any atom is 0.266 e. The molecule has 0 saturated heterocycles. The van der Waals surface area contributed by atoms with E-state index in [0.29, 0.717) is 24.3 Å². The number of pyridine rings is 1. The van der Waals surface area contributed by atoms with Gasteiger partial charge in [0.05, 0.1) is 10.9 Å². The first-order valence-corrected chi connectivity index (χ1v) is 12.5. The molecule has 5 aromatic rings. The summed E-state index contributed by atoms with van der Waals surface area (Å²) in [6.45, 7) is 1.04. The van der Waals surface area contributed by atoms with E-state index in [0.717, 1.165) is 47.2 Å². The van der Waals surface area contributed by atoms with Gasteiger partial charge in [0.25, 0.3) is 11.5 Å². The molecule has 7 heteroatoms. The Bertz CT molecular complexity index is 1620. The highest BCUT2D eigenvalue weighted by Gasteiger charge is 2.22. The number of thiophene rings is 1. The Morgan fingerprint density at radius 2 is 1.85 bits per heavy atom. The van der Waals surface area contributed by atoms with E-state index in [4.69, 9.17) is 4.98 Å². The van der Waals surface area contributed by atoms with E-state index in [-0.39, 0.29) is 11.5 Å². The summed E-state index contributed by atoms with van der Waals surface area (Å²) < 4.78 is 1.52. The number of fused-ring (bicyclic) bond motifs is 5. The standard InChI is InChI=1S/C27H24N4O2S/c32-25(29-14-13-28-19-12-11-17-6-1-2-7-18(17)16-19)21-9-5-15-31-24(21)30-26-23(27(31)33)20-8-3-4-10-22(20)34-26/h1-2,5-7,9,11-12,15-16,28H,3-4,8,10,13-14H2,(H,29,32). The van der Waals surface area contributed by atoms with Crippen molar-refractivity contribution in [3.8, 4) is 0 Å². The van der Waals surface area contributed by atoms with E-state index >= 15 is 0 Å². The molecule has 170 valence electrons. The fraction of sp³-hybridized carbons (Fsp3) is 0.222. The first-order chi connectivity index (χ1) is 16.7. The molecule has 0 unspecified atom stereocenters. The van der Waals surface area contributed by atoms with Crippen LogP contribution in [0, 0.1) is 0 Å². The van der Waals surface area contributed by atoms with Crippen LogP contribution in [0.4, 0.5) is 5.69 Å². The highest BCUT2D eigenvalue weighted by Crippen LogP contribution is 2.34. The molecule has 1 aliphatic carbocycles. The Balaban J connectivity index is 1.21. The summed E-state index contributed by atoms with van der Waals surface area (Å²) >= 11 is 1.60. The fourth-order valence-corrected chi connectivity index (χ4v) is 6.05. The predicted octanol–water partition coefficient (Wildman–Crippen LogP) is 4.78. The van der Waals surface area contributed by atoms with Crippen LogP contribution in [-0.2, 0) is 12.8 Å². The van der Waals surface area contributed by atoms with Gasteiger partial charge in [-0.25, -0.2) is 4.98 Å². The Morgan fingerprint density at radius 3 is 2.76 bits per heavy atom. The predicted molar refractivity (Wildman–Crippen MR) is 138 cm³/mol. The summed E-state index contributed by atoms with van der Waals surface area (Å²) in [4.78, 5) is 33.1. The Hall–Kier alpha value is -3.71. The second-order valence-electron chi connectivity index (χ2n) is 8.67. The maximum atomic E-state index is 13.3. The number of aromatic nitrogens is 2. The first kappa shape index (κ1) is 20.9. The van der Waals surface area contributed by atoms with E-state index in [2.05, 4.69) is 34.9 Å². The van der Waals surface area contributed by atoms with Crippen molar-refractivity contribution in [1.82, 2.24) is 14.7 Å². The summed E-state index contributed by atoms with van der Waals surface area (Å²) in [7, 11) is 0. The van der Waals surface area contributed by atoms with Crippen LogP contribution in [0.15, 0.2) is 65.6 Å². The van der Waals surface area contributed by atoms with Crippen molar-refractivity contribution < 1.29 is 4.79 Å². The van der Waals surface area contributed by atoms with Gasteiger partial charge in [0.15, 0.2) is 5.65 Å². The number of benzene rings is 2. The van der Waals surface area contributed by atoms with Crippen molar-refractivity contribution in [2.75, 3.05) is 18.4 Å². The third-order valence-corrected chi connectivity index (χ3v) is 7.68. The lowest BCUT2D eigenvalue weighted by Gasteiger charge is -2.11. The molecule has 0 atom stereocenters. The molecule has 0 saturated carbocycles. The molecule has 6 nitrogen and oxygen atoms in total. The molecule has 3 aromatic heterocycles. The van der Waals surface area contributed by atoms with Crippen LogP contribution in [0.1, 0.15) is 33.6 Å². The molecule has 0 fully saturated rings. The van der Waals surface area contributed by atoms with Gasteiger partial charge in [-0.3, -0.25) is 14.0 Å². The van der Waals surface area contributed by atoms with Crippen LogP contribution < -0.4 is 16.2 Å². The van der Waals surface area contributed by atoms with Gasteiger partial charge in [-0.15, -0.1) is 11.3 Å². The molecular formula is C27H24N4O2S. The molecule has 34 heavy (non-hydrogen) atoms. The molecule has 0 bridgehead atoms. The number of rotatable bonds is 5. The molecule has 0 aliphatic heterocycles. The molecule has 2 aromatic carbocycles. The molecular weight excluding hydrogens is 444 g/mol. The van der Waals surface area contributed by atoms with Crippen molar-refractivity contribution in [2.24, 2.45) is 0 Å². The van der Waals surface area contributed by atoms with Gasteiger partial charge in [0.1, 0.15) is 4.83 Å². The van der Waals surface area contributed by atoms with Crippen molar-refractivity contribution in [3.63, 3.8) is 0 Å².